The fourth-order valence-electron chi connectivity index (χ4n) is 2.17. The summed E-state index contributed by atoms with van der Waals surface area (Å²) in [6.45, 7) is 2.10. The fourth-order valence-corrected chi connectivity index (χ4v) is 2.17. The lowest BCUT2D eigenvalue weighted by molar-refractivity contribution is -0.384. The summed E-state index contributed by atoms with van der Waals surface area (Å²) in [6.07, 6.45) is 0. The van der Waals surface area contributed by atoms with Crippen molar-refractivity contribution < 1.29 is 19.2 Å². The monoisotopic (exact) mass is 292 g/mol. The first-order chi connectivity index (χ1) is 10.0. The highest BCUT2D eigenvalue weighted by Gasteiger charge is 2.20. The van der Waals surface area contributed by atoms with Crippen LogP contribution in [0.4, 0.5) is 5.69 Å². The number of benzene rings is 1. The van der Waals surface area contributed by atoms with Gasteiger partial charge >= 0.3 is 0 Å². The number of pyridine rings is 1. The summed E-state index contributed by atoms with van der Waals surface area (Å²) < 4.78 is 11.1. The molecule has 0 amide bonds. The summed E-state index contributed by atoms with van der Waals surface area (Å²) in [5.74, 6) is -0.169. The zero-order valence-electron chi connectivity index (χ0n) is 11.4. The molecule has 0 bridgehead atoms. The molecule has 8 heteroatoms. The summed E-state index contributed by atoms with van der Waals surface area (Å²) in [7, 11) is 1.32. The first-order valence-corrected chi connectivity index (χ1v) is 6.04. The van der Waals surface area contributed by atoms with Crippen molar-refractivity contribution in [1.29, 1.82) is 0 Å². The van der Waals surface area contributed by atoms with Gasteiger partial charge in [0.15, 0.2) is 5.75 Å². The second-order valence-corrected chi connectivity index (χ2v) is 4.08. The summed E-state index contributed by atoms with van der Waals surface area (Å²) in [5, 5.41) is 11.3. The van der Waals surface area contributed by atoms with Crippen molar-refractivity contribution in [3.05, 3.63) is 38.7 Å². The molecule has 1 heterocycles. The predicted molar refractivity (Wildman–Crippen MR) is 73.8 cm³/mol. The minimum atomic E-state index is -0.588. The van der Waals surface area contributed by atoms with Crippen LogP contribution >= 0.6 is 0 Å². The van der Waals surface area contributed by atoms with Crippen LogP contribution in [0.1, 0.15) is 6.92 Å². The van der Waals surface area contributed by atoms with Crippen LogP contribution in [0.2, 0.25) is 0 Å². The molecule has 0 atom stereocenters. The average molecular weight is 292 g/mol. The number of carbonyl (C=O) groups excluding carboxylic acids is 1. The number of rotatable bonds is 5. The van der Waals surface area contributed by atoms with E-state index in [4.69, 9.17) is 9.47 Å². The van der Waals surface area contributed by atoms with Crippen LogP contribution in [0.3, 0.4) is 0 Å². The maximum absolute atomic E-state index is 12.3. The van der Waals surface area contributed by atoms with Gasteiger partial charge in [-0.05, 0) is 13.0 Å². The summed E-state index contributed by atoms with van der Waals surface area (Å²) in [6, 6.07) is 4.03. The van der Waals surface area contributed by atoms with Gasteiger partial charge in [0.05, 0.1) is 17.5 Å². The number of nitro groups is 1. The maximum Gasteiger partial charge on any atom is 0.298 e. The van der Waals surface area contributed by atoms with Crippen molar-refractivity contribution in [3.8, 4) is 11.5 Å². The maximum atomic E-state index is 12.3. The lowest BCUT2D eigenvalue weighted by atomic mass is 10.1. The van der Waals surface area contributed by atoms with E-state index in [1.54, 1.807) is 6.92 Å². The highest BCUT2D eigenvalue weighted by Crippen LogP contribution is 2.34. The van der Waals surface area contributed by atoms with Crippen molar-refractivity contribution in [2.75, 3.05) is 7.11 Å². The molecule has 21 heavy (non-hydrogen) atoms. The van der Waals surface area contributed by atoms with Crippen LogP contribution < -0.4 is 15.0 Å². The molecule has 2 rings (SSSR count). The molecule has 0 spiro atoms. The Morgan fingerprint density at radius 3 is 2.62 bits per heavy atom. The predicted octanol–water partition coefficient (Wildman–Crippen LogP) is 1.47. The molecule has 0 aliphatic carbocycles. The highest BCUT2D eigenvalue weighted by molar-refractivity contribution is 5.89. The number of ether oxygens (including phenoxy) is 2. The van der Waals surface area contributed by atoms with Gasteiger partial charge in [-0.2, -0.15) is 0 Å². The molecule has 1 aromatic heterocycles. The smallest absolute Gasteiger partial charge is 0.298 e. The van der Waals surface area contributed by atoms with E-state index in [2.05, 4.69) is 0 Å². The number of aromatic nitrogens is 1. The van der Waals surface area contributed by atoms with Crippen molar-refractivity contribution in [3.63, 3.8) is 0 Å². The van der Waals surface area contributed by atoms with Crippen LogP contribution in [0.5, 0.6) is 11.5 Å². The van der Waals surface area contributed by atoms with E-state index < -0.39 is 10.5 Å². The number of hydrogen-bond donors (Lipinski definition) is 0. The molecule has 8 nitrogen and oxygen atoms in total. The van der Waals surface area contributed by atoms with Crippen LogP contribution in [0.15, 0.2) is 23.0 Å². The molecule has 0 aliphatic heterocycles. The lowest BCUT2D eigenvalue weighted by Crippen LogP contribution is -2.22. The van der Waals surface area contributed by atoms with Gasteiger partial charge in [-0.3, -0.25) is 19.7 Å². The van der Waals surface area contributed by atoms with Gasteiger partial charge in [0, 0.05) is 24.1 Å². The van der Waals surface area contributed by atoms with E-state index in [0.29, 0.717) is 10.9 Å². The van der Waals surface area contributed by atoms with Crippen LogP contribution in [0.25, 0.3) is 10.9 Å². The number of methoxy groups -OCH3 is 1. The Morgan fingerprint density at radius 1 is 1.38 bits per heavy atom. The number of carbonyl (C=O) groups is 1. The molecular weight excluding hydrogens is 280 g/mol. The SMILES string of the molecule is CCn1c(=O)c(OC=O)c(OC)c2ccc([N+](=O)[O-])cc21. The van der Waals surface area contributed by atoms with Gasteiger partial charge in [0.25, 0.3) is 17.7 Å². The normalized spacial score (nSPS) is 10.4. The molecule has 1 aromatic carbocycles. The van der Waals surface area contributed by atoms with E-state index in [-0.39, 0.29) is 30.2 Å². The molecule has 0 saturated heterocycles. The summed E-state index contributed by atoms with van der Waals surface area (Å²) >= 11 is 0. The summed E-state index contributed by atoms with van der Waals surface area (Å²) in [5.41, 5.74) is -0.392. The van der Waals surface area contributed by atoms with Crippen molar-refractivity contribution >= 4 is 23.1 Å². The quantitative estimate of drug-likeness (QED) is 0.470. The van der Waals surface area contributed by atoms with Crippen molar-refractivity contribution in [2.24, 2.45) is 0 Å². The Labute approximate surface area is 118 Å². The lowest BCUT2D eigenvalue weighted by Gasteiger charge is -2.14. The highest BCUT2D eigenvalue weighted by atomic mass is 16.6. The van der Waals surface area contributed by atoms with Crippen LogP contribution in [0, 0.1) is 10.1 Å². The van der Waals surface area contributed by atoms with Gasteiger partial charge in [-0.1, -0.05) is 0 Å². The Balaban J connectivity index is 2.95. The first kappa shape index (κ1) is 14.5. The molecule has 0 unspecified atom stereocenters. The Morgan fingerprint density at radius 2 is 2.10 bits per heavy atom. The molecular formula is C13H12N2O6. The van der Waals surface area contributed by atoms with Crippen LogP contribution in [-0.4, -0.2) is 23.1 Å². The number of nitro benzene ring substituents is 1. The van der Waals surface area contributed by atoms with Crippen LogP contribution in [-0.2, 0) is 11.3 Å². The molecule has 110 valence electrons. The third-order valence-corrected chi connectivity index (χ3v) is 3.06. The Kier molecular flexibility index (Phi) is 3.88. The molecule has 0 fully saturated rings. The Hall–Kier alpha value is -2.90. The van der Waals surface area contributed by atoms with Crippen molar-refractivity contribution in [1.82, 2.24) is 4.57 Å². The number of fused-ring (bicyclic) bond motifs is 1. The minimum absolute atomic E-state index is 0.0710. The third kappa shape index (κ3) is 2.31. The number of non-ortho nitro benzene ring substituents is 1. The number of hydrogen-bond acceptors (Lipinski definition) is 6. The van der Waals surface area contributed by atoms with Gasteiger partial charge < -0.3 is 14.0 Å². The topological polar surface area (TPSA) is 101 Å². The average Bonchev–Trinajstić information content (AvgIpc) is 2.48. The van der Waals surface area contributed by atoms with Gasteiger partial charge in [-0.25, -0.2) is 0 Å². The Bertz CT molecular complexity index is 780. The second-order valence-electron chi connectivity index (χ2n) is 4.08. The van der Waals surface area contributed by atoms with E-state index in [1.165, 1.54) is 29.9 Å². The van der Waals surface area contributed by atoms with E-state index >= 15 is 0 Å². The van der Waals surface area contributed by atoms with Gasteiger partial charge in [0.2, 0.25) is 5.75 Å². The zero-order chi connectivity index (χ0) is 15.6. The van der Waals surface area contributed by atoms with Gasteiger partial charge in [-0.15, -0.1) is 0 Å². The fraction of sp³-hybridized carbons (Fsp3) is 0.231. The zero-order valence-corrected chi connectivity index (χ0v) is 11.4. The largest absolute Gasteiger partial charge is 0.492 e. The standard InChI is InChI=1S/C13H12N2O6/c1-3-14-10-6-8(15(18)19)4-5-9(10)11(20-2)12(13(14)17)21-7-16/h4-7H,3H2,1-2H3. The minimum Gasteiger partial charge on any atom is -0.492 e. The van der Waals surface area contributed by atoms with E-state index in [1.807, 2.05) is 0 Å². The molecule has 0 saturated carbocycles. The number of nitrogens with zero attached hydrogens (tertiary/aromatic N) is 2. The summed E-state index contributed by atoms with van der Waals surface area (Å²) in [4.78, 5) is 33.2. The molecule has 0 N–H and O–H groups in total. The second kappa shape index (κ2) is 5.61. The van der Waals surface area contributed by atoms with E-state index in [9.17, 15) is 19.7 Å². The molecule has 0 aliphatic rings. The first-order valence-electron chi connectivity index (χ1n) is 6.04. The van der Waals surface area contributed by atoms with E-state index in [0.717, 1.165) is 0 Å². The molecule has 0 radical (unpaired) electrons. The van der Waals surface area contributed by atoms with Crippen molar-refractivity contribution in [2.45, 2.75) is 13.5 Å². The third-order valence-electron chi connectivity index (χ3n) is 3.06. The van der Waals surface area contributed by atoms with Gasteiger partial charge in [0.1, 0.15) is 0 Å². The number of aryl methyl sites for hydroxylation is 1. The molecule has 2 aromatic rings.